The highest BCUT2D eigenvalue weighted by molar-refractivity contribution is 5.50. The molecule has 14 heavy (non-hydrogen) atoms. The fraction of sp³-hybridized carbons (Fsp3) is 0.364. The maximum absolute atomic E-state index is 13.0. The third-order valence-electron chi connectivity index (χ3n) is 2.05. The van der Waals surface area contributed by atoms with Crippen LogP contribution in [-0.4, -0.2) is 6.04 Å². The zero-order valence-electron chi connectivity index (χ0n) is 8.34. The Bertz CT molecular complexity index is 355. The highest BCUT2D eigenvalue weighted by atomic mass is 19.1. The van der Waals surface area contributed by atoms with Crippen LogP contribution in [0.2, 0.25) is 0 Å². The number of rotatable bonds is 3. The van der Waals surface area contributed by atoms with Crippen molar-refractivity contribution in [2.24, 2.45) is 0 Å². The summed E-state index contributed by atoms with van der Waals surface area (Å²) in [5, 5.41) is 11.7. The van der Waals surface area contributed by atoms with Gasteiger partial charge in [0.25, 0.3) is 0 Å². The summed E-state index contributed by atoms with van der Waals surface area (Å²) in [6, 6.07) is 6.47. The highest BCUT2D eigenvalue weighted by Gasteiger charge is 2.02. The van der Waals surface area contributed by atoms with Crippen LogP contribution in [0.4, 0.5) is 10.1 Å². The summed E-state index contributed by atoms with van der Waals surface area (Å²) in [6.45, 7) is 4.05. The van der Waals surface area contributed by atoms with Crippen LogP contribution in [0.1, 0.15) is 25.8 Å². The van der Waals surface area contributed by atoms with Crippen molar-refractivity contribution in [1.29, 1.82) is 5.26 Å². The molecular formula is C11H13FN2. The van der Waals surface area contributed by atoms with E-state index in [0.29, 0.717) is 11.3 Å². The summed E-state index contributed by atoms with van der Waals surface area (Å²) in [5.74, 6) is -0.380. The van der Waals surface area contributed by atoms with Crippen LogP contribution in [0, 0.1) is 17.1 Å². The predicted molar refractivity (Wildman–Crippen MR) is 54.5 cm³/mol. The van der Waals surface area contributed by atoms with E-state index in [1.165, 1.54) is 12.1 Å². The molecule has 0 radical (unpaired) electrons. The van der Waals surface area contributed by atoms with Gasteiger partial charge in [0.1, 0.15) is 5.82 Å². The van der Waals surface area contributed by atoms with Crippen molar-refractivity contribution in [3.05, 3.63) is 29.6 Å². The first-order chi connectivity index (χ1) is 6.65. The van der Waals surface area contributed by atoms with Gasteiger partial charge in [0, 0.05) is 11.7 Å². The van der Waals surface area contributed by atoms with Gasteiger partial charge >= 0.3 is 0 Å². The maximum Gasteiger partial charge on any atom is 0.126 e. The number of hydrogen-bond donors (Lipinski definition) is 1. The van der Waals surface area contributed by atoms with Crippen molar-refractivity contribution >= 4 is 5.69 Å². The summed E-state index contributed by atoms with van der Waals surface area (Å²) >= 11 is 0. The molecule has 0 aliphatic carbocycles. The molecule has 0 saturated carbocycles. The number of halogens is 1. The van der Waals surface area contributed by atoms with E-state index in [-0.39, 0.29) is 11.9 Å². The summed E-state index contributed by atoms with van der Waals surface area (Å²) in [5.41, 5.74) is 1.01. The molecule has 3 heteroatoms. The number of anilines is 1. The lowest BCUT2D eigenvalue weighted by molar-refractivity contribution is 0.627. The molecule has 0 amide bonds. The quantitative estimate of drug-likeness (QED) is 0.799. The van der Waals surface area contributed by atoms with Crippen molar-refractivity contribution in [1.82, 2.24) is 0 Å². The molecule has 1 unspecified atom stereocenters. The molecule has 2 nitrogen and oxygen atoms in total. The van der Waals surface area contributed by atoms with Gasteiger partial charge in [-0.2, -0.15) is 5.26 Å². The van der Waals surface area contributed by atoms with Gasteiger partial charge < -0.3 is 5.32 Å². The Kier molecular flexibility index (Phi) is 3.47. The molecule has 0 fully saturated rings. The Morgan fingerprint density at radius 3 is 2.79 bits per heavy atom. The molecule has 1 aromatic carbocycles. The first kappa shape index (κ1) is 10.5. The van der Waals surface area contributed by atoms with Crippen molar-refractivity contribution < 1.29 is 4.39 Å². The van der Waals surface area contributed by atoms with E-state index in [2.05, 4.69) is 5.32 Å². The average Bonchev–Trinajstić information content (AvgIpc) is 2.16. The lowest BCUT2D eigenvalue weighted by Gasteiger charge is -2.12. The van der Waals surface area contributed by atoms with E-state index in [9.17, 15) is 4.39 Å². The Morgan fingerprint density at radius 1 is 1.50 bits per heavy atom. The maximum atomic E-state index is 13.0. The minimum absolute atomic E-state index is 0.281. The fourth-order valence-electron chi connectivity index (χ4n) is 1.12. The molecule has 1 aromatic rings. The molecule has 0 bridgehead atoms. The smallest absolute Gasteiger partial charge is 0.126 e. The van der Waals surface area contributed by atoms with Gasteiger partial charge in [-0.15, -0.1) is 0 Å². The predicted octanol–water partition coefficient (Wildman–Crippen LogP) is 2.91. The van der Waals surface area contributed by atoms with Gasteiger partial charge in [0.05, 0.1) is 11.6 Å². The third-order valence-corrected chi connectivity index (χ3v) is 2.05. The first-order valence-corrected chi connectivity index (χ1v) is 4.63. The lowest BCUT2D eigenvalue weighted by Crippen LogP contribution is -2.13. The van der Waals surface area contributed by atoms with Crippen molar-refractivity contribution in [2.75, 3.05) is 5.32 Å². The van der Waals surface area contributed by atoms with Gasteiger partial charge in [-0.1, -0.05) is 6.92 Å². The molecule has 0 heterocycles. The van der Waals surface area contributed by atoms with Gasteiger partial charge in [0.2, 0.25) is 0 Å². The summed E-state index contributed by atoms with van der Waals surface area (Å²) < 4.78 is 13.0. The Balaban J connectivity index is 2.88. The van der Waals surface area contributed by atoms with E-state index in [1.54, 1.807) is 6.07 Å². The molecule has 1 atom stereocenters. The second-order valence-corrected chi connectivity index (χ2v) is 3.29. The summed E-state index contributed by atoms with van der Waals surface area (Å²) in [4.78, 5) is 0. The second-order valence-electron chi connectivity index (χ2n) is 3.29. The van der Waals surface area contributed by atoms with E-state index < -0.39 is 0 Å². The summed E-state index contributed by atoms with van der Waals surface area (Å²) in [7, 11) is 0. The molecule has 74 valence electrons. The van der Waals surface area contributed by atoms with E-state index in [4.69, 9.17) is 5.26 Å². The lowest BCUT2D eigenvalue weighted by atomic mass is 10.2. The molecule has 0 aliphatic heterocycles. The summed E-state index contributed by atoms with van der Waals surface area (Å²) in [6.07, 6.45) is 0.957. The Hall–Kier alpha value is -1.56. The zero-order chi connectivity index (χ0) is 10.6. The third kappa shape index (κ3) is 2.74. The van der Waals surface area contributed by atoms with Crippen LogP contribution in [0.25, 0.3) is 0 Å². The average molecular weight is 192 g/mol. The van der Waals surface area contributed by atoms with E-state index in [0.717, 1.165) is 6.42 Å². The van der Waals surface area contributed by atoms with Crippen LogP contribution >= 0.6 is 0 Å². The van der Waals surface area contributed by atoms with Crippen LogP contribution < -0.4 is 5.32 Å². The normalized spacial score (nSPS) is 11.9. The zero-order valence-corrected chi connectivity index (χ0v) is 8.34. The Morgan fingerprint density at radius 2 is 2.21 bits per heavy atom. The minimum atomic E-state index is -0.380. The topological polar surface area (TPSA) is 35.8 Å². The van der Waals surface area contributed by atoms with Crippen molar-refractivity contribution in [3.63, 3.8) is 0 Å². The number of nitrogens with one attached hydrogen (secondary N) is 1. The van der Waals surface area contributed by atoms with Crippen molar-refractivity contribution in [3.8, 4) is 6.07 Å². The molecular weight excluding hydrogens is 179 g/mol. The molecule has 0 spiro atoms. The van der Waals surface area contributed by atoms with Crippen LogP contribution in [0.15, 0.2) is 18.2 Å². The van der Waals surface area contributed by atoms with Gasteiger partial charge in [-0.05, 0) is 31.5 Å². The van der Waals surface area contributed by atoms with Crippen LogP contribution in [-0.2, 0) is 0 Å². The first-order valence-electron chi connectivity index (χ1n) is 4.63. The van der Waals surface area contributed by atoms with E-state index in [1.807, 2.05) is 19.9 Å². The van der Waals surface area contributed by atoms with Crippen LogP contribution in [0.3, 0.4) is 0 Å². The number of nitrogens with zero attached hydrogens (tertiary/aromatic N) is 1. The molecule has 0 saturated heterocycles. The number of benzene rings is 1. The largest absolute Gasteiger partial charge is 0.382 e. The SMILES string of the molecule is CCC(C)Nc1cc(F)cc(C#N)c1. The van der Waals surface area contributed by atoms with E-state index >= 15 is 0 Å². The standard InChI is InChI=1S/C11H13FN2/c1-3-8(2)14-11-5-9(7-13)4-10(12)6-11/h4-6,8,14H,3H2,1-2H3. The van der Waals surface area contributed by atoms with Crippen LogP contribution in [0.5, 0.6) is 0 Å². The molecule has 1 rings (SSSR count). The molecule has 0 aromatic heterocycles. The number of hydrogen-bond acceptors (Lipinski definition) is 2. The van der Waals surface area contributed by atoms with Gasteiger partial charge in [-0.25, -0.2) is 4.39 Å². The van der Waals surface area contributed by atoms with Crippen molar-refractivity contribution in [2.45, 2.75) is 26.3 Å². The Labute approximate surface area is 83.4 Å². The van der Waals surface area contributed by atoms with Gasteiger partial charge in [0.15, 0.2) is 0 Å². The fourth-order valence-corrected chi connectivity index (χ4v) is 1.12. The monoisotopic (exact) mass is 192 g/mol. The highest BCUT2D eigenvalue weighted by Crippen LogP contribution is 2.14. The molecule has 1 N–H and O–H groups in total. The van der Waals surface area contributed by atoms with Gasteiger partial charge in [-0.3, -0.25) is 0 Å². The minimum Gasteiger partial charge on any atom is -0.382 e. The second kappa shape index (κ2) is 4.61. The number of nitriles is 1. The molecule has 0 aliphatic rings.